The predicted molar refractivity (Wildman–Crippen MR) is 113 cm³/mol. The van der Waals surface area contributed by atoms with Gasteiger partial charge in [0.1, 0.15) is 0 Å². The van der Waals surface area contributed by atoms with Gasteiger partial charge in [-0.25, -0.2) is 4.68 Å². The molecular formula is C20H21N5O2S. The molecule has 1 heterocycles. The molecule has 28 heavy (non-hydrogen) atoms. The number of hydrogen-bond donors (Lipinski definition) is 3. The number of carbonyl (C=O) groups is 1. The predicted octanol–water partition coefficient (Wildman–Crippen LogP) is 1.77. The number of hydrogen-bond acceptors (Lipinski definition) is 4. The maximum Gasteiger partial charge on any atom is 0.290 e. The van der Waals surface area contributed by atoms with Crippen molar-refractivity contribution in [3.05, 3.63) is 76.2 Å². The molecule has 0 aliphatic heterocycles. The lowest BCUT2D eigenvalue weighted by atomic mass is 10.1. The van der Waals surface area contributed by atoms with Gasteiger partial charge in [0, 0.05) is 18.5 Å². The highest BCUT2D eigenvalue weighted by atomic mass is 32.1. The van der Waals surface area contributed by atoms with Crippen LogP contribution in [0.4, 0.5) is 0 Å². The Kier molecular flexibility index (Phi) is 6.33. The van der Waals surface area contributed by atoms with Gasteiger partial charge in [-0.3, -0.25) is 20.4 Å². The fourth-order valence-corrected chi connectivity index (χ4v) is 2.95. The van der Waals surface area contributed by atoms with Gasteiger partial charge in [-0.1, -0.05) is 48.5 Å². The number of hydrazine groups is 1. The highest BCUT2D eigenvalue weighted by Crippen LogP contribution is 2.12. The third-order valence-corrected chi connectivity index (χ3v) is 4.46. The summed E-state index contributed by atoms with van der Waals surface area (Å²) < 4.78 is 1.27. The molecule has 0 aliphatic rings. The van der Waals surface area contributed by atoms with Crippen molar-refractivity contribution in [3.8, 4) is 0 Å². The SMILES string of the molecule is CCn1nc(C(=O)NNC(=S)NCCc2ccccc2)c2ccccc2c1=O. The topological polar surface area (TPSA) is 88.1 Å². The number of aryl methyl sites for hydroxylation is 1. The minimum Gasteiger partial charge on any atom is -0.361 e. The Balaban J connectivity index is 1.62. The zero-order valence-electron chi connectivity index (χ0n) is 15.4. The minimum absolute atomic E-state index is 0.164. The maximum atomic E-state index is 12.6. The summed E-state index contributed by atoms with van der Waals surface area (Å²) in [5.41, 5.74) is 6.35. The number of amides is 1. The Morgan fingerprint density at radius 2 is 1.71 bits per heavy atom. The summed E-state index contributed by atoms with van der Waals surface area (Å²) >= 11 is 5.19. The van der Waals surface area contributed by atoms with Gasteiger partial charge < -0.3 is 5.32 Å². The smallest absolute Gasteiger partial charge is 0.290 e. The fraction of sp³-hybridized carbons (Fsp3) is 0.200. The van der Waals surface area contributed by atoms with Gasteiger partial charge in [-0.05, 0) is 37.2 Å². The van der Waals surface area contributed by atoms with E-state index in [2.05, 4.69) is 21.3 Å². The normalized spacial score (nSPS) is 10.5. The lowest BCUT2D eigenvalue weighted by Gasteiger charge is -2.13. The first-order valence-electron chi connectivity index (χ1n) is 8.98. The number of nitrogens with one attached hydrogen (secondary N) is 3. The van der Waals surface area contributed by atoms with Crippen LogP contribution in [0.3, 0.4) is 0 Å². The Hall–Kier alpha value is -3.26. The number of thiocarbonyl (C=S) groups is 1. The van der Waals surface area contributed by atoms with E-state index in [4.69, 9.17) is 12.2 Å². The molecule has 8 heteroatoms. The van der Waals surface area contributed by atoms with E-state index >= 15 is 0 Å². The summed E-state index contributed by atoms with van der Waals surface area (Å²) in [7, 11) is 0. The van der Waals surface area contributed by atoms with Crippen LogP contribution < -0.4 is 21.7 Å². The first-order chi connectivity index (χ1) is 13.6. The van der Waals surface area contributed by atoms with E-state index in [-0.39, 0.29) is 11.3 Å². The van der Waals surface area contributed by atoms with Crippen molar-refractivity contribution >= 4 is 34.0 Å². The van der Waals surface area contributed by atoms with E-state index < -0.39 is 5.91 Å². The van der Waals surface area contributed by atoms with Crippen LogP contribution in [0.15, 0.2) is 59.4 Å². The second kappa shape index (κ2) is 9.09. The van der Waals surface area contributed by atoms with E-state index in [1.807, 2.05) is 30.3 Å². The van der Waals surface area contributed by atoms with E-state index in [0.29, 0.717) is 29.0 Å². The number of carbonyl (C=O) groups excluding carboxylic acids is 1. The molecule has 0 atom stereocenters. The molecule has 0 radical (unpaired) electrons. The van der Waals surface area contributed by atoms with Crippen LogP contribution in [0.25, 0.3) is 10.8 Å². The van der Waals surface area contributed by atoms with Gasteiger partial charge in [0.2, 0.25) is 0 Å². The van der Waals surface area contributed by atoms with Crippen LogP contribution in [0, 0.1) is 0 Å². The Labute approximate surface area is 167 Å². The van der Waals surface area contributed by atoms with Crippen molar-refractivity contribution in [3.63, 3.8) is 0 Å². The van der Waals surface area contributed by atoms with E-state index in [1.54, 1.807) is 31.2 Å². The molecule has 7 nitrogen and oxygen atoms in total. The van der Waals surface area contributed by atoms with Crippen molar-refractivity contribution < 1.29 is 4.79 Å². The van der Waals surface area contributed by atoms with Crippen molar-refractivity contribution in [1.82, 2.24) is 25.9 Å². The van der Waals surface area contributed by atoms with E-state index in [9.17, 15) is 9.59 Å². The molecule has 0 bridgehead atoms. The molecule has 144 valence electrons. The average molecular weight is 395 g/mol. The van der Waals surface area contributed by atoms with Gasteiger partial charge in [0.05, 0.1) is 5.39 Å². The van der Waals surface area contributed by atoms with Crippen molar-refractivity contribution in [1.29, 1.82) is 0 Å². The molecule has 0 aliphatic carbocycles. The zero-order valence-corrected chi connectivity index (χ0v) is 16.3. The minimum atomic E-state index is -0.467. The zero-order chi connectivity index (χ0) is 19.9. The third kappa shape index (κ3) is 4.52. The first-order valence-corrected chi connectivity index (χ1v) is 9.39. The highest BCUT2D eigenvalue weighted by Gasteiger charge is 2.16. The Morgan fingerprint density at radius 3 is 2.43 bits per heavy atom. The molecule has 0 saturated heterocycles. The number of benzene rings is 2. The van der Waals surface area contributed by atoms with Crippen molar-refractivity contribution in [2.45, 2.75) is 19.9 Å². The number of rotatable bonds is 5. The first kappa shape index (κ1) is 19.5. The van der Waals surface area contributed by atoms with Crippen molar-refractivity contribution in [2.75, 3.05) is 6.54 Å². The lowest BCUT2D eigenvalue weighted by Crippen LogP contribution is -2.47. The van der Waals surface area contributed by atoms with E-state index in [1.165, 1.54) is 10.2 Å². The van der Waals surface area contributed by atoms with Crippen LogP contribution in [-0.2, 0) is 13.0 Å². The molecule has 3 N–H and O–H groups in total. The Morgan fingerprint density at radius 1 is 1.04 bits per heavy atom. The second-order valence-electron chi connectivity index (χ2n) is 6.09. The lowest BCUT2D eigenvalue weighted by molar-refractivity contribution is 0.0938. The summed E-state index contributed by atoms with van der Waals surface area (Å²) in [5.74, 6) is -0.467. The third-order valence-electron chi connectivity index (χ3n) is 4.21. The quantitative estimate of drug-likeness (QED) is 0.451. The fourth-order valence-electron chi connectivity index (χ4n) is 2.80. The monoisotopic (exact) mass is 395 g/mol. The molecule has 0 spiro atoms. The van der Waals surface area contributed by atoms with Gasteiger partial charge in [-0.2, -0.15) is 5.10 Å². The molecule has 3 rings (SSSR count). The molecule has 0 fully saturated rings. The molecule has 1 amide bonds. The summed E-state index contributed by atoms with van der Waals surface area (Å²) in [6.07, 6.45) is 0.810. The van der Waals surface area contributed by atoms with Gasteiger partial charge in [0.15, 0.2) is 10.8 Å². The van der Waals surface area contributed by atoms with Crippen LogP contribution in [-0.4, -0.2) is 27.3 Å². The summed E-state index contributed by atoms with van der Waals surface area (Å²) in [5, 5.41) is 8.48. The van der Waals surface area contributed by atoms with Gasteiger partial charge >= 0.3 is 0 Å². The summed E-state index contributed by atoms with van der Waals surface area (Å²) in [6.45, 7) is 2.80. The maximum absolute atomic E-state index is 12.6. The second-order valence-corrected chi connectivity index (χ2v) is 6.49. The van der Waals surface area contributed by atoms with Crippen molar-refractivity contribution in [2.24, 2.45) is 0 Å². The van der Waals surface area contributed by atoms with Crippen LogP contribution in [0.2, 0.25) is 0 Å². The molecular weight excluding hydrogens is 374 g/mol. The number of aromatic nitrogens is 2. The standard InChI is InChI=1S/C20H21N5O2S/c1-2-25-19(27)16-11-7-6-10-15(16)17(24-25)18(26)22-23-20(28)21-13-12-14-8-4-3-5-9-14/h3-11H,2,12-13H2,1H3,(H,22,26)(H2,21,23,28). The van der Waals surface area contributed by atoms with E-state index in [0.717, 1.165) is 6.42 Å². The highest BCUT2D eigenvalue weighted by molar-refractivity contribution is 7.80. The largest absolute Gasteiger partial charge is 0.361 e. The van der Waals surface area contributed by atoms with Gasteiger partial charge in [-0.15, -0.1) is 0 Å². The molecule has 1 aromatic heterocycles. The number of fused-ring (bicyclic) bond motifs is 1. The number of nitrogens with zero attached hydrogens (tertiary/aromatic N) is 2. The molecule has 0 unspecified atom stereocenters. The summed E-state index contributed by atoms with van der Waals surface area (Å²) in [4.78, 5) is 25.0. The van der Waals surface area contributed by atoms with Crippen LogP contribution in [0.5, 0.6) is 0 Å². The summed E-state index contributed by atoms with van der Waals surface area (Å²) in [6, 6.07) is 16.9. The molecule has 3 aromatic rings. The van der Waals surface area contributed by atoms with Gasteiger partial charge in [0.25, 0.3) is 11.5 Å². The Bertz CT molecular complexity index is 1050. The molecule has 2 aromatic carbocycles. The molecule has 0 saturated carbocycles. The van der Waals surface area contributed by atoms with Crippen LogP contribution in [0.1, 0.15) is 23.0 Å². The van der Waals surface area contributed by atoms with Crippen LogP contribution >= 0.6 is 12.2 Å². The average Bonchev–Trinajstić information content (AvgIpc) is 2.73.